The first kappa shape index (κ1) is 25.9. The van der Waals surface area contributed by atoms with E-state index in [0.717, 1.165) is 12.1 Å². The number of aromatic nitrogens is 2. The van der Waals surface area contributed by atoms with Crippen LogP contribution in [0.1, 0.15) is 36.3 Å². The summed E-state index contributed by atoms with van der Waals surface area (Å²) in [4.78, 5) is 9.86. The Morgan fingerprint density at radius 2 is 1.92 bits per heavy atom. The molecule has 1 saturated heterocycles. The predicted molar refractivity (Wildman–Crippen MR) is 119 cm³/mol. The van der Waals surface area contributed by atoms with Crippen molar-refractivity contribution in [2.24, 2.45) is 0 Å². The fraction of sp³-hybridized carbons (Fsp3) is 0.417. The minimum atomic E-state index is -4.86. The van der Waals surface area contributed by atoms with Gasteiger partial charge in [-0.3, -0.25) is 4.90 Å². The van der Waals surface area contributed by atoms with Crippen LogP contribution in [-0.2, 0) is 6.18 Å². The van der Waals surface area contributed by atoms with Gasteiger partial charge in [0.2, 0.25) is 0 Å². The molecule has 1 aromatic heterocycles. The molecule has 5 nitrogen and oxygen atoms in total. The normalized spacial score (nSPS) is 19.0. The smallest absolute Gasteiger partial charge is 0.419 e. The number of nitrogens with zero attached hydrogens (tertiary/aromatic N) is 3. The summed E-state index contributed by atoms with van der Waals surface area (Å²) in [7, 11) is 1.53. The fourth-order valence-electron chi connectivity index (χ4n) is 4.28. The maximum Gasteiger partial charge on any atom is 0.419 e. The first-order valence-corrected chi connectivity index (χ1v) is 11.1. The number of rotatable bonds is 6. The summed E-state index contributed by atoms with van der Waals surface area (Å²) in [6.07, 6.45) is -5.28. The molecule has 0 amide bonds. The van der Waals surface area contributed by atoms with E-state index in [-0.39, 0.29) is 40.5 Å². The average Bonchev–Trinajstić information content (AvgIpc) is 3.02. The Bertz CT molecular complexity index is 1280. The summed E-state index contributed by atoms with van der Waals surface area (Å²) in [5.41, 5.74) is -1.45. The van der Waals surface area contributed by atoms with Crippen LogP contribution in [0.2, 0.25) is 0 Å². The first-order valence-electron chi connectivity index (χ1n) is 11.1. The number of ether oxygens (including phenoxy) is 1. The standard InChI is InChI=1S/C24H23F7N4O/c1-12(15-5-4-6-17(21(15)26)24(29,30)31)32-22-16-7-20(18(25)8-19(16)33-13(2)34-22)36-10-14-9-23(27,28)11-35(14)3/h4-8,12,14H,9-11H2,1-3H3,(H,32,33,34)/t12-,14+/m1/s1. The number of hydrogen-bond donors (Lipinski definition) is 1. The van der Waals surface area contributed by atoms with E-state index >= 15 is 0 Å². The summed E-state index contributed by atoms with van der Waals surface area (Å²) in [6, 6.07) is 3.79. The Hall–Kier alpha value is -3.15. The maximum atomic E-state index is 14.7. The van der Waals surface area contributed by atoms with E-state index in [1.54, 1.807) is 6.92 Å². The second-order valence-corrected chi connectivity index (χ2v) is 8.93. The minimum absolute atomic E-state index is 0.121. The van der Waals surface area contributed by atoms with Gasteiger partial charge in [-0.05, 0) is 33.0 Å². The van der Waals surface area contributed by atoms with Crippen molar-refractivity contribution in [3.63, 3.8) is 0 Å². The van der Waals surface area contributed by atoms with Crippen LogP contribution in [0.25, 0.3) is 10.9 Å². The molecule has 0 radical (unpaired) electrons. The lowest BCUT2D eigenvalue weighted by atomic mass is 10.0. The maximum absolute atomic E-state index is 14.7. The van der Waals surface area contributed by atoms with E-state index in [1.165, 1.54) is 31.0 Å². The van der Waals surface area contributed by atoms with Crippen LogP contribution in [-0.4, -0.2) is 47.0 Å². The van der Waals surface area contributed by atoms with Crippen molar-refractivity contribution >= 4 is 16.7 Å². The van der Waals surface area contributed by atoms with E-state index in [9.17, 15) is 30.7 Å². The largest absolute Gasteiger partial charge is 0.489 e. The molecular formula is C24H23F7N4O. The quantitative estimate of drug-likeness (QED) is 0.400. The number of anilines is 1. The molecule has 0 unspecified atom stereocenters. The van der Waals surface area contributed by atoms with E-state index in [1.807, 2.05) is 0 Å². The molecule has 2 atom stereocenters. The lowest BCUT2D eigenvalue weighted by molar-refractivity contribution is -0.140. The SMILES string of the molecule is Cc1nc(N[C@H](C)c2cccc(C(F)(F)F)c2F)c2cc(OC[C@@H]3CC(F)(F)CN3C)c(F)cc2n1. The Morgan fingerprint density at radius 3 is 2.56 bits per heavy atom. The van der Waals surface area contributed by atoms with Crippen LogP contribution in [0.4, 0.5) is 36.6 Å². The molecule has 0 bridgehead atoms. The van der Waals surface area contributed by atoms with Crippen molar-refractivity contribution in [1.29, 1.82) is 0 Å². The number of alkyl halides is 5. The van der Waals surface area contributed by atoms with Gasteiger partial charge in [-0.1, -0.05) is 12.1 Å². The molecule has 3 aromatic rings. The first-order chi connectivity index (χ1) is 16.7. The van der Waals surface area contributed by atoms with Gasteiger partial charge in [-0.2, -0.15) is 13.2 Å². The third kappa shape index (κ3) is 5.32. The lowest BCUT2D eigenvalue weighted by Crippen LogP contribution is -2.30. The zero-order valence-corrected chi connectivity index (χ0v) is 19.6. The number of benzene rings is 2. The summed E-state index contributed by atoms with van der Waals surface area (Å²) < 4.78 is 102. The highest BCUT2D eigenvalue weighted by Crippen LogP contribution is 2.36. The van der Waals surface area contributed by atoms with Crippen molar-refractivity contribution < 1.29 is 35.5 Å². The molecule has 36 heavy (non-hydrogen) atoms. The zero-order chi connectivity index (χ0) is 26.4. The average molecular weight is 516 g/mol. The Kier molecular flexibility index (Phi) is 6.76. The van der Waals surface area contributed by atoms with Gasteiger partial charge in [0.25, 0.3) is 5.92 Å². The topological polar surface area (TPSA) is 50.3 Å². The van der Waals surface area contributed by atoms with Crippen LogP contribution >= 0.6 is 0 Å². The third-order valence-corrected chi connectivity index (χ3v) is 6.08. The van der Waals surface area contributed by atoms with E-state index in [0.29, 0.717) is 6.07 Å². The van der Waals surface area contributed by atoms with Gasteiger partial charge < -0.3 is 10.1 Å². The van der Waals surface area contributed by atoms with E-state index in [2.05, 4.69) is 15.3 Å². The number of fused-ring (bicyclic) bond motifs is 1. The highest BCUT2D eigenvalue weighted by atomic mass is 19.4. The second kappa shape index (κ2) is 9.38. The number of nitrogens with one attached hydrogen (secondary N) is 1. The lowest BCUT2D eigenvalue weighted by Gasteiger charge is -2.20. The number of hydrogen-bond acceptors (Lipinski definition) is 5. The predicted octanol–water partition coefficient (Wildman–Crippen LogP) is 6.13. The molecular weight excluding hydrogens is 493 g/mol. The van der Waals surface area contributed by atoms with Crippen LogP contribution in [0.5, 0.6) is 5.75 Å². The highest BCUT2D eigenvalue weighted by Gasteiger charge is 2.43. The Morgan fingerprint density at radius 1 is 1.19 bits per heavy atom. The third-order valence-electron chi connectivity index (χ3n) is 6.08. The number of likely N-dealkylation sites (tertiary alicyclic amines) is 1. The minimum Gasteiger partial charge on any atom is -0.489 e. The molecule has 0 saturated carbocycles. The molecule has 1 aliphatic heterocycles. The van der Waals surface area contributed by atoms with Crippen LogP contribution in [0.3, 0.4) is 0 Å². The molecule has 2 heterocycles. The summed E-state index contributed by atoms with van der Waals surface area (Å²) in [6.45, 7) is 2.39. The Balaban J connectivity index is 1.64. The Labute approximate surface area is 202 Å². The second-order valence-electron chi connectivity index (χ2n) is 8.93. The van der Waals surface area contributed by atoms with Crippen molar-refractivity contribution in [2.45, 2.75) is 44.5 Å². The molecule has 0 aliphatic carbocycles. The number of likely N-dealkylation sites (N-methyl/N-ethyl adjacent to an activating group) is 1. The van der Waals surface area contributed by atoms with Gasteiger partial charge in [0.15, 0.2) is 11.6 Å². The molecule has 12 heteroatoms. The van der Waals surface area contributed by atoms with Gasteiger partial charge in [0.05, 0.1) is 23.7 Å². The fourth-order valence-corrected chi connectivity index (χ4v) is 4.28. The highest BCUT2D eigenvalue weighted by molar-refractivity contribution is 5.90. The van der Waals surface area contributed by atoms with Crippen LogP contribution < -0.4 is 10.1 Å². The molecule has 4 rings (SSSR count). The summed E-state index contributed by atoms with van der Waals surface area (Å²) in [5.74, 6) is -4.90. The van der Waals surface area contributed by atoms with Gasteiger partial charge in [0.1, 0.15) is 24.1 Å². The summed E-state index contributed by atoms with van der Waals surface area (Å²) >= 11 is 0. The van der Waals surface area contributed by atoms with Crippen LogP contribution in [0.15, 0.2) is 30.3 Å². The molecule has 2 aromatic carbocycles. The van der Waals surface area contributed by atoms with E-state index < -0.39 is 54.3 Å². The van der Waals surface area contributed by atoms with Gasteiger partial charge >= 0.3 is 6.18 Å². The number of halogens is 7. The van der Waals surface area contributed by atoms with Crippen molar-refractivity contribution in [2.75, 3.05) is 25.5 Å². The molecule has 1 aliphatic rings. The molecule has 194 valence electrons. The van der Waals surface area contributed by atoms with Crippen molar-refractivity contribution in [3.05, 3.63) is 58.9 Å². The van der Waals surface area contributed by atoms with Gasteiger partial charge in [0, 0.05) is 29.5 Å². The van der Waals surface area contributed by atoms with Crippen molar-refractivity contribution in [1.82, 2.24) is 14.9 Å². The van der Waals surface area contributed by atoms with Crippen molar-refractivity contribution in [3.8, 4) is 5.75 Å². The van der Waals surface area contributed by atoms with Crippen LogP contribution in [0, 0.1) is 18.6 Å². The molecule has 1 N–H and O–H groups in total. The zero-order valence-electron chi connectivity index (χ0n) is 19.6. The van der Waals surface area contributed by atoms with E-state index in [4.69, 9.17) is 4.74 Å². The molecule has 1 fully saturated rings. The molecule has 0 spiro atoms. The van der Waals surface area contributed by atoms with Gasteiger partial charge in [-0.25, -0.2) is 27.5 Å². The van der Waals surface area contributed by atoms with Gasteiger partial charge in [-0.15, -0.1) is 0 Å². The monoisotopic (exact) mass is 516 g/mol. The number of aryl methyl sites for hydroxylation is 1. The summed E-state index contributed by atoms with van der Waals surface area (Å²) in [5, 5.41) is 3.14.